The molecule has 2 aromatic rings. The topological polar surface area (TPSA) is 41.6 Å². The number of halogens is 2. The second kappa shape index (κ2) is 6.47. The van der Waals surface area contributed by atoms with Crippen molar-refractivity contribution in [1.82, 2.24) is 0 Å². The normalized spacial score (nSPS) is 16.3. The van der Waals surface area contributed by atoms with Gasteiger partial charge in [-0.05, 0) is 43.2 Å². The highest BCUT2D eigenvalue weighted by Crippen LogP contribution is 2.35. The summed E-state index contributed by atoms with van der Waals surface area (Å²) in [5.41, 5.74) is 1.41. The Balaban J connectivity index is 1.91. The first-order valence-corrected chi connectivity index (χ1v) is 7.79. The highest BCUT2D eigenvalue weighted by atomic mass is 19.1. The number of hydrogen-bond donors (Lipinski definition) is 1. The van der Waals surface area contributed by atoms with Crippen LogP contribution in [0.4, 0.5) is 25.0 Å². The number of rotatable bonds is 2. The number of benzene rings is 2. The van der Waals surface area contributed by atoms with Crippen LogP contribution in [0.2, 0.25) is 0 Å². The third kappa shape index (κ3) is 3.18. The minimum Gasteiger partial charge on any atom is -0.486 e. The van der Waals surface area contributed by atoms with Gasteiger partial charge in [-0.3, -0.25) is 4.90 Å². The Kier molecular flexibility index (Phi) is 4.38. The average Bonchev–Trinajstić information content (AvgIpc) is 2.57. The predicted molar refractivity (Wildman–Crippen MR) is 88.6 cm³/mol. The minimum atomic E-state index is -0.686. The lowest BCUT2D eigenvalue weighted by atomic mass is 10.1. The molecule has 3 rings (SSSR count). The van der Waals surface area contributed by atoms with Gasteiger partial charge in [0.05, 0.1) is 17.9 Å². The molecule has 0 radical (unpaired) electrons. The van der Waals surface area contributed by atoms with Crippen LogP contribution in [0.5, 0.6) is 5.75 Å². The first kappa shape index (κ1) is 16.2. The molecule has 1 heterocycles. The van der Waals surface area contributed by atoms with Crippen molar-refractivity contribution in [3.05, 3.63) is 53.6 Å². The van der Waals surface area contributed by atoms with Gasteiger partial charge >= 0.3 is 6.03 Å². The van der Waals surface area contributed by atoms with E-state index in [4.69, 9.17) is 4.74 Å². The molecule has 1 aliphatic heterocycles. The van der Waals surface area contributed by atoms with Crippen molar-refractivity contribution >= 4 is 17.4 Å². The van der Waals surface area contributed by atoms with Gasteiger partial charge in [0.1, 0.15) is 23.5 Å². The molecule has 0 spiro atoms. The number of nitrogens with one attached hydrogen (secondary N) is 1. The molecule has 126 valence electrons. The second-order valence-electron chi connectivity index (χ2n) is 5.78. The van der Waals surface area contributed by atoms with Crippen molar-refractivity contribution in [2.45, 2.75) is 26.4 Å². The molecule has 0 aliphatic carbocycles. The van der Waals surface area contributed by atoms with E-state index < -0.39 is 17.7 Å². The maximum absolute atomic E-state index is 13.8. The van der Waals surface area contributed by atoms with Crippen molar-refractivity contribution < 1.29 is 18.3 Å². The van der Waals surface area contributed by atoms with Crippen LogP contribution in [0.1, 0.15) is 18.9 Å². The van der Waals surface area contributed by atoms with Gasteiger partial charge in [0, 0.05) is 6.07 Å². The molecule has 2 aromatic carbocycles. The molecule has 2 amide bonds. The van der Waals surface area contributed by atoms with Crippen molar-refractivity contribution in [2.75, 3.05) is 16.8 Å². The van der Waals surface area contributed by atoms with E-state index in [0.29, 0.717) is 18.0 Å². The summed E-state index contributed by atoms with van der Waals surface area (Å²) in [6.45, 7) is 4.22. The fraction of sp³-hybridized carbons (Fsp3) is 0.278. The third-order valence-electron chi connectivity index (χ3n) is 3.96. The van der Waals surface area contributed by atoms with Gasteiger partial charge in [-0.1, -0.05) is 13.0 Å². The summed E-state index contributed by atoms with van der Waals surface area (Å²) in [5.74, 6) is -0.695. The largest absolute Gasteiger partial charge is 0.486 e. The molecule has 1 unspecified atom stereocenters. The Morgan fingerprint density at radius 1 is 1.29 bits per heavy atom. The maximum atomic E-state index is 13.8. The zero-order valence-corrected chi connectivity index (χ0v) is 13.5. The van der Waals surface area contributed by atoms with E-state index in [1.165, 1.54) is 4.90 Å². The summed E-state index contributed by atoms with van der Waals surface area (Å²) >= 11 is 0. The first-order valence-electron chi connectivity index (χ1n) is 7.79. The predicted octanol–water partition coefficient (Wildman–Crippen LogP) is 4.48. The number of amides is 2. The van der Waals surface area contributed by atoms with Crippen LogP contribution in [-0.2, 0) is 0 Å². The number of anilines is 2. The lowest BCUT2D eigenvalue weighted by Crippen LogP contribution is -2.45. The first-order chi connectivity index (χ1) is 11.5. The fourth-order valence-electron chi connectivity index (χ4n) is 2.64. The zero-order valence-electron chi connectivity index (χ0n) is 13.5. The Bertz CT molecular complexity index is 780. The highest BCUT2D eigenvalue weighted by molar-refractivity contribution is 6.03. The molecular formula is C18H18F2N2O2. The molecule has 0 aromatic heterocycles. The van der Waals surface area contributed by atoms with Crippen molar-refractivity contribution in [3.8, 4) is 5.75 Å². The van der Waals surface area contributed by atoms with Gasteiger partial charge in [-0.2, -0.15) is 0 Å². The number of nitrogens with zero attached hydrogens (tertiary/aromatic N) is 1. The minimum absolute atomic E-state index is 0.150. The van der Waals surface area contributed by atoms with E-state index >= 15 is 0 Å². The van der Waals surface area contributed by atoms with Crippen LogP contribution >= 0.6 is 0 Å². The lowest BCUT2D eigenvalue weighted by molar-refractivity contribution is 0.188. The molecule has 1 N–H and O–H groups in total. The molecule has 24 heavy (non-hydrogen) atoms. The number of fused-ring (bicyclic) bond motifs is 1. The van der Waals surface area contributed by atoms with Crippen molar-refractivity contribution in [3.63, 3.8) is 0 Å². The molecule has 0 fully saturated rings. The van der Waals surface area contributed by atoms with Crippen LogP contribution in [-0.4, -0.2) is 18.7 Å². The van der Waals surface area contributed by atoms with Crippen molar-refractivity contribution in [2.24, 2.45) is 0 Å². The summed E-state index contributed by atoms with van der Waals surface area (Å²) in [6, 6.07) is 7.98. The molecule has 1 aliphatic rings. The summed E-state index contributed by atoms with van der Waals surface area (Å²) < 4.78 is 32.9. The van der Waals surface area contributed by atoms with E-state index in [1.807, 2.05) is 32.0 Å². The van der Waals surface area contributed by atoms with Crippen LogP contribution in [0, 0.1) is 18.6 Å². The van der Waals surface area contributed by atoms with Crippen LogP contribution < -0.4 is 15.0 Å². The number of carbonyl (C=O) groups excluding carboxylic acids is 1. The maximum Gasteiger partial charge on any atom is 0.326 e. The molecular weight excluding hydrogens is 314 g/mol. The number of ether oxygens (including phenoxy) is 1. The second-order valence-corrected chi connectivity index (χ2v) is 5.78. The molecule has 0 saturated heterocycles. The summed E-state index contributed by atoms with van der Waals surface area (Å²) in [6.07, 6.45) is 0.578. The highest BCUT2D eigenvalue weighted by Gasteiger charge is 2.29. The van der Waals surface area contributed by atoms with Gasteiger partial charge in [-0.15, -0.1) is 0 Å². The average molecular weight is 332 g/mol. The van der Waals surface area contributed by atoms with Crippen LogP contribution in [0.15, 0.2) is 36.4 Å². The zero-order chi connectivity index (χ0) is 17.3. The van der Waals surface area contributed by atoms with E-state index in [-0.39, 0.29) is 11.8 Å². The molecule has 6 heteroatoms. The Labute approximate surface area is 139 Å². The monoisotopic (exact) mass is 332 g/mol. The number of urea groups is 1. The molecule has 1 atom stereocenters. The van der Waals surface area contributed by atoms with Gasteiger partial charge < -0.3 is 10.1 Å². The number of aryl methyl sites for hydroxylation is 1. The summed E-state index contributed by atoms with van der Waals surface area (Å²) in [5, 5.41) is 2.44. The molecule has 4 nitrogen and oxygen atoms in total. The summed E-state index contributed by atoms with van der Waals surface area (Å²) in [7, 11) is 0. The molecule has 0 saturated carbocycles. The summed E-state index contributed by atoms with van der Waals surface area (Å²) in [4.78, 5) is 14.1. The quantitative estimate of drug-likeness (QED) is 0.881. The smallest absolute Gasteiger partial charge is 0.326 e. The molecule has 0 bridgehead atoms. The fourth-order valence-corrected chi connectivity index (χ4v) is 2.64. The van der Waals surface area contributed by atoms with Gasteiger partial charge in [-0.25, -0.2) is 13.6 Å². The van der Waals surface area contributed by atoms with Gasteiger partial charge in [0.25, 0.3) is 0 Å². The third-order valence-corrected chi connectivity index (χ3v) is 3.96. The van der Waals surface area contributed by atoms with Crippen molar-refractivity contribution in [1.29, 1.82) is 0 Å². The Morgan fingerprint density at radius 3 is 2.83 bits per heavy atom. The van der Waals surface area contributed by atoms with E-state index in [1.54, 1.807) is 0 Å². The van der Waals surface area contributed by atoms with Gasteiger partial charge in [0.2, 0.25) is 0 Å². The van der Waals surface area contributed by atoms with Crippen LogP contribution in [0.3, 0.4) is 0 Å². The Hall–Kier alpha value is -2.63. The Morgan fingerprint density at radius 2 is 2.08 bits per heavy atom. The SMILES string of the molecule is CCC1CN(C(=O)Nc2cc(F)ccc2F)c2cc(C)ccc2O1. The number of carbonyl (C=O) groups is 1. The van der Waals surface area contributed by atoms with E-state index in [0.717, 1.165) is 30.2 Å². The number of hydrogen-bond acceptors (Lipinski definition) is 2. The van der Waals surface area contributed by atoms with Crippen LogP contribution in [0.25, 0.3) is 0 Å². The standard InChI is InChI=1S/C18H18F2N2O2/c1-3-13-10-22(16-8-11(2)4-7-17(16)24-13)18(23)21-15-9-12(19)5-6-14(15)20/h4-9,13H,3,10H2,1-2H3,(H,21,23). The lowest BCUT2D eigenvalue weighted by Gasteiger charge is -2.34. The van der Waals surface area contributed by atoms with E-state index in [9.17, 15) is 13.6 Å². The van der Waals surface area contributed by atoms with Gasteiger partial charge in [0.15, 0.2) is 0 Å². The van der Waals surface area contributed by atoms with E-state index in [2.05, 4.69) is 5.32 Å².